The minimum absolute atomic E-state index is 0.00543. The average Bonchev–Trinajstić information content (AvgIpc) is 2.66. The zero-order chi connectivity index (χ0) is 19.4. The topological polar surface area (TPSA) is 105 Å². The lowest BCUT2D eigenvalue weighted by atomic mass is 9.92. The molecule has 0 fully saturated rings. The van der Waals surface area contributed by atoms with E-state index in [1.54, 1.807) is 25.1 Å². The van der Waals surface area contributed by atoms with Crippen molar-refractivity contribution in [3.8, 4) is 0 Å². The van der Waals surface area contributed by atoms with Gasteiger partial charge in [-0.15, -0.1) is 0 Å². The molecule has 1 aliphatic rings. The molecule has 7 heteroatoms. The first-order valence-electron chi connectivity index (χ1n) is 8.29. The minimum atomic E-state index is -1.15. The summed E-state index contributed by atoms with van der Waals surface area (Å²) < 4.78 is 5.39. The van der Waals surface area contributed by atoms with E-state index < -0.39 is 24.0 Å². The molecule has 1 heterocycles. The molecule has 27 heavy (non-hydrogen) atoms. The maximum Gasteiger partial charge on any atom is 0.338 e. The first-order valence-corrected chi connectivity index (χ1v) is 8.29. The van der Waals surface area contributed by atoms with Crippen molar-refractivity contribution < 1.29 is 24.2 Å². The summed E-state index contributed by atoms with van der Waals surface area (Å²) in [5, 5.41) is 14.6. The zero-order valence-corrected chi connectivity index (χ0v) is 14.6. The second kappa shape index (κ2) is 7.74. The number of hydrogen-bond acceptors (Lipinski definition) is 4. The third kappa shape index (κ3) is 3.98. The SMILES string of the molecule is CC1=C(C(=O)OCc2ccccc2)C(c2ccccc2C(=O)O)NC(=O)N1. The molecule has 3 rings (SSSR count). The van der Waals surface area contributed by atoms with E-state index in [-0.39, 0.29) is 17.7 Å². The summed E-state index contributed by atoms with van der Waals surface area (Å²) in [5.74, 6) is -1.78. The summed E-state index contributed by atoms with van der Waals surface area (Å²) in [6.07, 6.45) is 0. The van der Waals surface area contributed by atoms with Gasteiger partial charge in [0.05, 0.1) is 17.2 Å². The number of benzene rings is 2. The Morgan fingerprint density at radius 1 is 1.07 bits per heavy atom. The molecular formula is C20H18N2O5. The van der Waals surface area contributed by atoms with Crippen molar-refractivity contribution in [2.45, 2.75) is 19.6 Å². The number of aromatic carboxylic acids is 1. The minimum Gasteiger partial charge on any atom is -0.478 e. The molecule has 1 atom stereocenters. The highest BCUT2D eigenvalue weighted by Gasteiger charge is 2.34. The van der Waals surface area contributed by atoms with Gasteiger partial charge in [0, 0.05) is 5.70 Å². The van der Waals surface area contributed by atoms with Crippen LogP contribution in [0.5, 0.6) is 0 Å². The molecule has 3 N–H and O–H groups in total. The fourth-order valence-electron chi connectivity index (χ4n) is 2.94. The van der Waals surface area contributed by atoms with E-state index in [0.717, 1.165) is 5.56 Å². The molecule has 138 valence electrons. The standard InChI is InChI=1S/C20H18N2O5/c1-12-16(19(25)27-11-13-7-3-2-4-8-13)17(22-20(26)21-12)14-9-5-6-10-15(14)18(23)24/h2-10,17H,11H2,1H3,(H,23,24)(H2,21,22,26). The van der Waals surface area contributed by atoms with E-state index >= 15 is 0 Å². The van der Waals surface area contributed by atoms with Crippen LogP contribution in [0.15, 0.2) is 65.9 Å². The van der Waals surface area contributed by atoms with E-state index in [2.05, 4.69) is 10.6 Å². The van der Waals surface area contributed by atoms with Crippen molar-refractivity contribution >= 4 is 18.0 Å². The molecule has 0 spiro atoms. The lowest BCUT2D eigenvalue weighted by Crippen LogP contribution is -2.45. The van der Waals surface area contributed by atoms with Crippen LogP contribution in [0.1, 0.15) is 34.5 Å². The van der Waals surface area contributed by atoms with Crippen LogP contribution in [0, 0.1) is 0 Å². The van der Waals surface area contributed by atoms with Crippen molar-refractivity contribution in [2.24, 2.45) is 0 Å². The number of hydrogen-bond donors (Lipinski definition) is 3. The molecule has 2 amide bonds. The second-order valence-corrected chi connectivity index (χ2v) is 6.02. The van der Waals surface area contributed by atoms with Crippen LogP contribution in [0.3, 0.4) is 0 Å². The molecule has 0 saturated heterocycles. The molecule has 0 radical (unpaired) electrons. The van der Waals surface area contributed by atoms with Crippen molar-refractivity contribution in [3.05, 3.63) is 82.6 Å². The zero-order valence-electron chi connectivity index (χ0n) is 14.6. The highest BCUT2D eigenvalue weighted by atomic mass is 16.5. The highest BCUT2D eigenvalue weighted by Crippen LogP contribution is 2.30. The molecule has 1 aliphatic heterocycles. The van der Waals surface area contributed by atoms with Crippen molar-refractivity contribution in [3.63, 3.8) is 0 Å². The maximum atomic E-state index is 12.7. The number of rotatable bonds is 5. The van der Waals surface area contributed by atoms with Gasteiger partial charge in [-0.05, 0) is 24.1 Å². The smallest absolute Gasteiger partial charge is 0.338 e. The quantitative estimate of drug-likeness (QED) is 0.706. The number of esters is 1. The molecule has 0 bridgehead atoms. The molecule has 7 nitrogen and oxygen atoms in total. The van der Waals surface area contributed by atoms with Gasteiger partial charge < -0.3 is 20.5 Å². The van der Waals surface area contributed by atoms with Crippen molar-refractivity contribution in [1.29, 1.82) is 0 Å². The van der Waals surface area contributed by atoms with Crippen LogP contribution < -0.4 is 10.6 Å². The number of carboxylic acid groups (broad SMARTS) is 1. The third-order valence-corrected chi connectivity index (χ3v) is 4.20. The van der Waals surface area contributed by atoms with Crippen LogP contribution in [-0.2, 0) is 16.1 Å². The molecule has 0 saturated carbocycles. The molecule has 2 aromatic carbocycles. The van der Waals surface area contributed by atoms with E-state index in [1.165, 1.54) is 6.07 Å². The number of allylic oxidation sites excluding steroid dienone is 1. The summed E-state index contributed by atoms with van der Waals surface area (Å²) in [6, 6.07) is 14.0. The van der Waals surface area contributed by atoms with Crippen molar-refractivity contribution in [2.75, 3.05) is 0 Å². The third-order valence-electron chi connectivity index (χ3n) is 4.20. The van der Waals surface area contributed by atoms with E-state index in [9.17, 15) is 19.5 Å². The molecular weight excluding hydrogens is 348 g/mol. The highest BCUT2D eigenvalue weighted by molar-refractivity contribution is 5.97. The number of carbonyl (C=O) groups is 3. The van der Waals surface area contributed by atoms with E-state index in [4.69, 9.17) is 4.74 Å². The lowest BCUT2D eigenvalue weighted by molar-refractivity contribution is -0.140. The fourth-order valence-corrected chi connectivity index (χ4v) is 2.94. The summed E-state index contributed by atoms with van der Waals surface area (Å²) in [7, 11) is 0. The van der Waals surface area contributed by atoms with Gasteiger partial charge in [0.2, 0.25) is 0 Å². The monoisotopic (exact) mass is 366 g/mol. The fraction of sp³-hybridized carbons (Fsp3) is 0.150. The van der Waals surface area contributed by atoms with Gasteiger partial charge in [-0.2, -0.15) is 0 Å². The Morgan fingerprint density at radius 2 is 1.74 bits per heavy atom. The first-order chi connectivity index (χ1) is 13.0. The lowest BCUT2D eigenvalue weighted by Gasteiger charge is -2.29. The number of amides is 2. The number of urea groups is 1. The number of carbonyl (C=O) groups excluding carboxylic acids is 2. The average molecular weight is 366 g/mol. The Hall–Kier alpha value is -3.61. The number of carboxylic acids is 1. The van der Waals surface area contributed by atoms with E-state index in [0.29, 0.717) is 11.3 Å². The Bertz CT molecular complexity index is 921. The first kappa shape index (κ1) is 18.2. The van der Waals surface area contributed by atoms with Gasteiger partial charge in [-0.25, -0.2) is 14.4 Å². The predicted molar refractivity (Wildman–Crippen MR) is 96.7 cm³/mol. The molecule has 2 aromatic rings. The van der Waals surface area contributed by atoms with Gasteiger partial charge in [-0.3, -0.25) is 0 Å². The summed E-state index contributed by atoms with van der Waals surface area (Å²) in [4.78, 5) is 36.2. The molecule has 0 aromatic heterocycles. The van der Waals surface area contributed by atoms with Crippen LogP contribution in [0.4, 0.5) is 4.79 Å². The summed E-state index contributed by atoms with van der Waals surface area (Å²) in [6.45, 7) is 1.64. The van der Waals surface area contributed by atoms with E-state index in [1.807, 2.05) is 30.3 Å². The van der Waals surface area contributed by atoms with Gasteiger partial charge in [0.15, 0.2) is 0 Å². The molecule has 1 unspecified atom stereocenters. The predicted octanol–water partition coefficient (Wildman–Crippen LogP) is 2.76. The van der Waals surface area contributed by atoms with Crippen LogP contribution >= 0.6 is 0 Å². The van der Waals surface area contributed by atoms with Crippen LogP contribution in [-0.4, -0.2) is 23.1 Å². The Labute approximate surface area is 155 Å². The van der Waals surface area contributed by atoms with Gasteiger partial charge in [0.1, 0.15) is 6.61 Å². The van der Waals surface area contributed by atoms with Crippen LogP contribution in [0.2, 0.25) is 0 Å². The van der Waals surface area contributed by atoms with Gasteiger partial charge >= 0.3 is 18.0 Å². The summed E-state index contributed by atoms with van der Waals surface area (Å²) in [5.41, 5.74) is 1.62. The second-order valence-electron chi connectivity index (χ2n) is 6.02. The Balaban J connectivity index is 1.93. The Kier molecular flexibility index (Phi) is 5.21. The molecule has 0 aliphatic carbocycles. The van der Waals surface area contributed by atoms with Gasteiger partial charge in [-0.1, -0.05) is 48.5 Å². The normalized spacial score (nSPS) is 16.3. The maximum absolute atomic E-state index is 12.7. The summed E-state index contributed by atoms with van der Waals surface area (Å²) >= 11 is 0. The van der Waals surface area contributed by atoms with Crippen LogP contribution in [0.25, 0.3) is 0 Å². The van der Waals surface area contributed by atoms with Gasteiger partial charge in [0.25, 0.3) is 0 Å². The Morgan fingerprint density at radius 3 is 2.44 bits per heavy atom. The van der Waals surface area contributed by atoms with Crippen molar-refractivity contribution in [1.82, 2.24) is 10.6 Å². The number of ether oxygens (including phenoxy) is 1. The largest absolute Gasteiger partial charge is 0.478 e. The number of nitrogens with one attached hydrogen (secondary N) is 2.